The molecule has 0 spiro atoms. The van der Waals surface area contributed by atoms with Gasteiger partial charge in [-0.2, -0.15) is 5.11 Å². The van der Waals surface area contributed by atoms with Crippen molar-refractivity contribution in [3.8, 4) is 0 Å². The molecule has 132 valence electrons. The first kappa shape index (κ1) is 19.4. The van der Waals surface area contributed by atoms with Crippen LogP contribution in [0.25, 0.3) is 0 Å². The van der Waals surface area contributed by atoms with Crippen molar-refractivity contribution in [2.45, 2.75) is 45.6 Å². The molecule has 0 heterocycles. The predicted molar refractivity (Wildman–Crippen MR) is 87.7 cm³/mol. The first-order valence-corrected chi connectivity index (χ1v) is 7.88. The van der Waals surface area contributed by atoms with Gasteiger partial charge in [-0.1, -0.05) is 24.6 Å². The van der Waals surface area contributed by atoms with Crippen molar-refractivity contribution in [3.63, 3.8) is 0 Å². The van der Waals surface area contributed by atoms with Crippen molar-refractivity contribution in [1.29, 1.82) is 0 Å². The highest BCUT2D eigenvalue weighted by molar-refractivity contribution is 5.27. The number of rotatable bonds is 10. The number of hydrogen-bond donors (Lipinski definition) is 3. The predicted octanol–water partition coefficient (Wildman–Crippen LogP) is 2.63. The van der Waals surface area contributed by atoms with Crippen molar-refractivity contribution >= 4 is 0 Å². The standard InChI is InChI=1S/C16H29N3O4/c1-16(2,11-22-3)15(18-19-17)10-12-5-6-13(21)14(9-12)23-8-4-7-20/h9,15,20-21H,4-8,10-11H2,1-3H3,(H2,17,18). The van der Waals surface area contributed by atoms with Crippen LogP contribution in [0.5, 0.6) is 0 Å². The Morgan fingerprint density at radius 1 is 1.39 bits per heavy atom. The highest BCUT2D eigenvalue weighted by Gasteiger charge is 2.31. The maximum atomic E-state index is 9.93. The lowest BCUT2D eigenvalue weighted by Gasteiger charge is -2.31. The summed E-state index contributed by atoms with van der Waals surface area (Å²) in [5.74, 6) is 5.99. The molecule has 0 amide bonds. The minimum Gasteiger partial charge on any atom is -0.508 e. The Bertz CT molecular complexity index is 458. The summed E-state index contributed by atoms with van der Waals surface area (Å²) in [5, 5.41) is 26.4. The summed E-state index contributed by atoms with van der Waals surface area (Å²) in [6.07, 6.45) is 4.36. The second-order valence-corrected chi connectivity index (χ2v) is 6.41. The minimum absolute atomic E-state index is 0.0643. The largest absolute Gasteiger partial charge is 0.508 e. The fourth-order valence-electron chi connectivity index (χ4n) is 2.55. The third-order valence-corrected chi connectivity index (χ3v) is 3.94. The molecule has 7 nitrogen and oxygen atoms in total. The van der Waals surface area contributed by atoms with Gasteiger partial charge in [-0.05, 0) is 18.9 Å². The van der Waals surface area contributed by atoms with E-state index in [-0.39, 0.29) is 23.8 Å². The number of methoxy groups -OCH3 is 1. The minimum atomic E-state index is -0.209. The van der Waals surface area contributed by atoms with E-state index in [1.807, 2.05) is 6.08 Å². The van der Waals surface area contributed by atoms with Gasteiger partial charge in [0.05, 0.1) is 19.3 Å². The van der Waals surface area contributed by atoms with Gasteiger partial charge in [-0.3, -0.25) is 0 Å². The van der Waals surface area contributed by atoms with Gasteiger partial charge in [-0.15, -0.1) is 0 Å². The summed E-state index contributed by atoms with van der Waals surface area (Å²) >= 11 is 0. The number of nitrogens with zero attached hydrogens (tertiary/aromatic N) is 2. The van der Waals surface area contributed by atoms with Gasteiger partial charge in [0.25, 0.3) is 0 Å². The molecule has 0 fully saturated rings. The highest BCUT2D eigenvalue weighted by atomic mass is 16.5. The molecule has 1 aliphatic rings. The molecule has 0 aliphatic heterocycles. The molecule has 0 radical (unpaired) electrons. The van der Waals surface area contributed by atoms with Gasteiger partial charge in [0.1, 0.15) is 5.76 Å². The summed E-state index contributed by atoms with van der Waals surface area (Å²) in [7, 11) is 1.66. The zero-order chi connectivity index (χ0) is 17.3. The summed E-state index contributed by atoms with van der Waals surface area (Å²) in [6.45, 7) is 5.11. The quantitative estimate of drug-likeness (QED) is 0.247. The maximum absolute atomic E-state index is 9.93. The van der Waals surface area contributed by atoms with Gasteiger partial charge < -0.3 is 25.5 Å². The van der Waals surface area contributed by atoms with Crippen LogP contribution in [0.4, 0.5) is 0 Å². The molecule has 0 aromatic heterocycles. The van der Waals surface area contributed by atoms with Crippen LogP contribution in [0, 0.1) is 5.41 Å². The average molecular weight is 327 g/mol. The molecule has 1 rings (SSSR count). The fourth-order valence-corrected chi connectivity index (χ4v) is 2.55. The Hall–Kier alpha value is -1.60. The number of allylic oxidation sites excluding steroid dienone is 2. The van der Waals surface area contributed by atoms with Crippen molar-refractivity contribution in [1.82, 2.24) is 0 Å². The summed E-state index contributed by atoms with van der Waals surface area (Å²) in [5.41, 5.74) is 0.919. The Kier molecular flexibility index (Phi) is 8.05. The normalized spacial score (nSPS) is 17.5. The van der Waals surface area contributed by atoms with Crippen LogP contribution in [0.3, 0.4) is 0 Å². The summed E-state index contributed by atoms with van der Waals surface area (Å²) in [4.78, 5) is 0. The highest BCUT2D eigenvalue weighted by Crippen LogP contribution is 2.33. The number of ether oxygens (including phenoxy) is 2. The zero-order valence-electron chi connectivity index (χ0n) is 14.3. The topological polar surface area (TPSA) is 110 Å². The molecule has 7 heteroatoms. The van der Waals surface area contributed by atoms with Gasteiger partial charge in [0.2, 0.25) is 0 Å². The van der Waals surface area contributed by atoms with Crippen LogP contribution in [-0.2, 0) is 9.47 Å². The molecule has 0 bridgehead atoms. The molecule has 0 aromatic rings. The van der Waals surface area contributed by atoms with Crippen molar-refractivity contribution in [2.75, 3.05) is 26.9 Å². The fraction of sp³-hybridized carbons (Fsp3) is 0.750. The zero-order valence-corrected chi connectivity index (χ0v) is 14.3. The van der Waals surface area contributed by atoms with Crippen molar-refractivity contribution in [3.05, 3.63) is 23.2 Å². The molecule has 1 atom stereocenters. The average Bonchev–Trinajstić information content (AvgIpc) is 2.50. The number of aliphatic hydroxyl groups is 2. The lowest BCUT2D eigenvalue weighted by atomic mass is 9.81. The molecule has 0 saturated carbocycles. The Labute approximate surface area is 137 Å². The Balaban J connectivity index is 2.81. The molecular formula is C16H29N3O4. The van der Waals surface area contributed by atoms with E-state index in [4.69, 9.17) is 20.4 Å². The van der Waals surface area contributed by atoms with Crippen LogP contribution < -0.4 is 5.84 Å². The first-order valence-electron chi connectivity index (χ1n) is 7.88. The van der Waals surface area contributed by atoms with Crippen LogP contribution in [0.15, 0.2) is 33.5 Å². The second-order valence-electron chi connectivity index (χ2n) is 6.41. The van der Waals surface area contributed by atoms with Gasteiger partial charge in [-0.25, -0.2) is 0 Å². The summed E-state index contributed by atoms with van der Waals surface area (Å²) < 4.78 is 10.8. The van der Waals surface area contributed by atoms with Crippen LogP contribution in [0.1, 0.15) is 39.5 Å². The third kappa shape index (κ3) is 6.19. The number of aliphatic hydroxyl groups excluding tert-OH is 2. The van der Waals surface area contributed by atoms with Gasteiger partial charge in [0.15, 0.2) is 5.76 Å². The van der Waals surface area contributed by atoms with E-state index in [1.54, 1.807) is 7.11 Å². The van der Waals surface area contributed by atoms with E-state index in [9.17, 15) is 5.11 Å². The van der Waals surface area contributed by atoms with E-state index in [0.29, 0.717) is 38.2 Å². The van der Waals surface area contributed by atoms with E-state index in [2.05, 4.69) is 24.2 Å². The monoisotopic (exact) mass is 327 g/mol. The Morgan fingerprint density at radius 2 is 2.13 bits per heavy atom. The molecular weight excluding hydrogens is 298 g/mol. The SMILES string of the molecule is COCC(C)(C)C(CC1=CC(OCCCO)=C(O)CC1)N=NN. The van der Waals surface area contributed by atoms with Gasteiger partial charge >= 0.3 is 0 Å². The smallest absolute Gasteiger partial charge is 0.156 e. The lowest BCUT2D eigenvalue weighted by molar-refractivity contribution is 0.0836. The van der Waals surface area contributed by atoms with E-state index >= 15 is 0 Å². The molecule has 1 unspecified atom stereocenters. The third-order valence-electron chi connectivity index (χ3n) is 3.94. The van der Waals surface area contributed by atoms with Crippen molar-refractivity contribution < 1.29 is 19.7 Å². The number of hydrogen-bond acceptors (Lipinski definition) is 6. The first-order chi connectivity index (χ1) is 10.9. The molecule has 4 N–H and O–H groups in total. The molecule has 0 saturated heterocycles. The molecule has 0 aromatic carbocycles. The van der Waals surface area contributed by atoms with Crippen LogP contribution in [-0.4, -0.2) is 43.2 Å². The van der Waals surface area contributed by atoms with Gasteiger partial charge in [0, 0.05) is 32.0 Å². The summed E-state index contributed by atoms with van der Waals surface area (Å²) in [6, 6.07) is -0.113. The van der Waals surface area contributed by atoms with E-state index < -0.39 is 0 Å². The second kappa shape index (κ2) is 9.52. The lowest BCUT2D eigenvalue weighted by Crippen LogP contribution is -2.33. The van der Waals surface area contributed by atoms with Crippen LogP contribution >= 0.6 is 0 Å². The Morgan fingerprint density at radius 3 is 2.74 bits per heavy atom. The molecule has 23 heavy (non-hydrogen) atoms. The van der Waals surface area contributed by atoms with Crippen molar-refractivity contribution in [2.24, 2.45) is 21.6 Å². The van der Waals surface area contributed by atoms with Crippen LogP contribution in [0.2, 0.25) is 0 Å². The molecule has 1 aliphatic carbocycles. The number of nitrogens with two attached hydrogens (primary N) is 1. The maximum Gasteiger partial charge on any atom is 0.156 e. The van der Waals surface area contributed by atoms with E-state index in [1.165, 1.54) is 0 Å². The van der Waals surface area contributed by atoms with E-state index in [0.717, 1.165) is 12.0 Å².